The van der Waals surface area contributed by atoms with Crippen molar-refractivity contribution in [3.63, 3.8) is 0 Å². The van der Waals surface area contributed by atoms with E-state index < -0.39 is 0 Å². The zero-order valence-corrected chi connectivity index (χ0v) is 8.64. The summed E-state index contributed by atoms with van der Waals surface area (Å²) in [5.41, 5.74) is 5.46. The maximum Gasteiger partial charge on any atom is 0.184 e. The minimum absolute atomic E-state index is 0.0165. The average molecular weight is 231 g/mol. The van der Waals surface area contributed by atoms with Gasteiger partial charge in [0.25, 0.3) is 0 Å². The summed E-state index contributed by atoms with van der Waals surface area (Å²) >= 11 is 6.97. The molecule has 0 radical (unpaired) electrons. The van der Waals surface area contributed by atoms with Crippen molar-refractivity contribution in [3.8, 4) is 6.07 Å². The smallest absolute Gasteiger partial charge is 0.184 e. The molecular weight excluding hydrogens is 224 g/mol. The maximum atomic E-state index is 8.59. The molecule has 0 aliphatic heterocycles. The lowest BCUT2D eigenvalue weighted by molar-refractivity contribution is 0.322. The third-order valence-electron chi connectivity index (χ3n) is 1.29. The molecule has 74 valence electrons. The molecule has 0 saturated carbocycles. The molecule has 0 atom stereocenters. The Balaban J connectivity index is 2.98. The molecule has 7 heteroatoms. The van der Waals surface area contributed by atoms with Crippen LogP contribution in [0.5, 0.6) is 0 Å². The van der Waals surface area contributed by atoms with Gasteiger partial charge in [-0.2, -0.15) is 5.26 Å². The van der Waals surface area contributed by atoms with Crippen LogP contribution in [0.15, 0.2) is 5.03 Å². The Labute approximate surface area is 89.9 Å². The monoisotopic (exact) mass is 230 g/mol. The topological polar surface area (TPSA) is 95.8 Å². The number of thioether (sulfide) groups is 1. The van der Waals surface area contributed by atoms with Crippen LogP contribution in [0.2, 0.25) is 5.15 Å². The van der Waals surface area contributed by atoms with Gasteiger partial charge in [-0.05, 0) is 0 Å². The molecule has 1 heterocycles. The number of hydrogen-bond acceptors (Lipinski definition) is 6. The van der Waals surface area contributed by atoms with E-state index >= 15 is 0 Å². The lowest BCUT2D eigenvalue weighted by Gasteiger charge is -2.03. The fraction of sp³-hybridized carbons (Fsp3) is 0.286. The molecule has 0 saturated heterocycles. The summed E-state index contributed by atoms with van der Waals surface area (Å²) in [5.74, 6) is 0.511. The Morgan fingerprint density at radius 3 is 2.86 bits per heavy atom. The quantitative estimate of drug-likeness (QED) is 0.741. The average Bonchev–Trinajstić information content (AvgIpc) is 2.18. The molecule has 0 aliphatic rings. The predicted octanol–water partition coefficient (Wildman–Crippen LogP) is 0.668. The van der Waals surface area contributed by atoms with Gasteiger partial charge in [0.15, 0.2) is 16.7 Å². The van der Waals surface area contributed by atoms with Gasteiger partial charge < -0.3 is 10.8 Å². The van der Waals surface area contributed by atoms with Crippen LogP contribution in [0.25, 0.3) is 0 Å². The van der Waals surface area contributed by atoms with E-state index in [-0.39, 0.29) is 23.3 Å². The number of aliphatic hydroxyl groups is 1. The maximum absolute atomic E-state index is 8.59. The van der Waals surface area contributed by atoms with Crippen molar-refractivity contribution in [3.05, 3.63) is 10.8 Å². The van der Waals surface area contributed by atoms with E-state index in [0.29, 0.717) is 10.8 Å². The van der Waals surface area contributed by atoms with Gasteiger partial charge in [0.2, 0.25) is 0 Å². The van der Waals surface area contributed by atoms with Crippen molar-refractivity contribution in [2.75, 3.05) is 18.1 Å². The first-order chi connectivity index (χ1) is 6.69. The lowest BCUT2D eigenvalue weighted by atomic mass is 10.4. The number of nitrogens with zero attached hydrogens (tertiary/aromatic N) is 3. The Bertz CT molecular complexity index is 379. The van der Waals surface area contributed by atoms with Crippen molar-refractivity contribution in [1.29, 1.82) is 5.26 Å². The molecule has 0 fully saturated rings. The predicted molar refractivity (Wildman–Crippen MR) is 54.0 cm³/mol. The molecule has 1 rings (SSSR count). The summed E-state index contributed by atoms with van der Waals surface area (Å²) in [6.07, 6.45) is 0. The lowest BCUT2D eigenvalue weighted by Crippen LogP contribution is -2.01. The summed E-state index contributed by atoms with van der Waals surface area (Å²) in [4.78, 5) is 7.65. The van der Waals surface area contributed by atoms with Crippen molar-refractivity contribution in [2.24, 2.45) is 0 Å². The third kappa shape index (κ3) is 2.48. The fourth-order valence-electron chi connectivity index (χ4n) is 0.728. The summed E-state index contributed by atoms with van der Waals surface area (Å²) in [5, 5.41) is 17.7. The number of nitrogens with two attached hydrogens (primary N) is 1. The Morgan fingerprint density at radius 1 is 1.57 bits per heavy atom. The number of aliphatic hydroxyl groups excluding tert-OH is 1. The molecule has 1 aromatic rings. The molecule has 14 heavy (non-hydrogen) atoms. The van der Waals surface area contributed by atoms with Gasteiger partial charge in [0.05, 0.1) is 6.61 Å². The minimum atomic E-state index is 0.0165. The van der Waals surface area contributed by atoms with E-state index in [1.165, 1.54) is 11.8 Å². The standard InChI is InChI=1S/C7H7ClN4OS/c8-5-7(14-2-1-13)12-6(10)4(3-9)11-5/h13H,1-2H2,(H2,10,12). The number of hydrogen-bond donors (Lipinski definition) is 2. The number of anilines is 1. The zero-order chi connectivity index (χ0) is 10.6. The van der Waals surface area contributed by atoms with E-state index in [2.05, 4.69) is 9.97 Å². The Hall–Kier alpha value is -1.03. The second kappa shape index (κ2) is 5.00. The van der Waals surface area contributed by atoms with Gasteiger partial charge in [0, 0.05) is 5.75 Å². The molecule has 5 nitrogen and oxygen atoms in total. The number of nitriles is 1. The number of halogens is 1. The first-order valence-corrected chi connectivity index (χ1v) is 5.02. The molecule has 0 amide bonds. The first-order valence-electron chi connectivity index (χ1n) is 3.65. The molecule has 0 aliphatic carbocycles. The molecule has 0 aromatic carbocycles. The van der Waals surface area contributed by atoms with Gasteiger partial charge in [-0.25, -0.2) is 9.97 Å². The van der Waals surface area contributed by atoms with Crippen molar-refractivity contribution in [2.45, 2.75) is 5.03 Å². The molecule has 0 unspecified atom stereocenters. The highest BCUT2D eigenvalue weighted by atomic mass is 35.5. The highest BCUT2D eigenvalue weighted by molar-refractivity contribution is 7.99. The minimum Gasteiger partial charge on any atom is -0.396 e. The van der Waals surface area contributed by atoms with E-state index in [1.807, 2.05) is 0 Å². The SMILES string of the molecule is N#Cc1nc(Cl)c(SCCO)nc1N. The zero-order valence-electron chi connectivity index (χ0n) is 7.07. The summed E-state index contributed by atoms with van der Waals surface area (Å²) in [7, 11) is 0. The van der Waals surface area contributed by atoms with E-state index in [0.717, 1.165) is 0 Å². The van der Waals surface area contributed by atoms with Gasteiger partial charge in [-0.15, -0.1) is 11.8 Å². The second-order valence-electron chi connectivity index (χ2n) is 2.24. The highest BCUT2D eigenvalue weighted by Crippen LogP contribution is 2.24. The molecule has 3 N–H and O–H groups in total. The summed E-state index contributed by atoms with van der Waals surface area (Å²) in [6, 6.07) is 1.78. The largest absolute Gasteiger partial charge is 0.396 e. The Kier molecular flexibility index (Phi) is 3.95. The first kappa shape index (κ1) is 11.0. The number of nitrogen functional groups attached to an aromatic ring is 1. The normalized spacial score (nSPS) is 9.79. The van der Waals surface area contributed by atoms with Crippen LogP contribution in [0, 0.1) is 11.3 Å². The number of aromatic nitrogens is 2. The summed E-state index contributed by atoms with van der Waals surface area (Å²) in [6.45, 7) is 0.0165. The fourth-order valence-corrected chi connectivity index (χ4v) is 1.63. The third-order valence-corrected chi connectivity index (χ3v) is 2.61. The van der Waals surface area contributed by atoms with Crippen LogP contribution in [0.4, 0.5) is 5.82 Å². The Morgan fingerprint density at radius 2 is 2.29 bits per heavy atom. The van der Waals surface area contributed by atoms with Crippen LogP contribution in [0.1, 0.15) is 5.69 Å². The van der Waals surface area contributed by atoms with E-state index in [9.17, 15) is 0 Å². The van der Waals surface area contributed by atoms with Gasteiger partial charge in [-0.3, -0.25) is 0 Å². The van der Waals surface area contributed by atoms with Crippen molar-refractivity contribution < 1.29 is 5.11 Å². The van der Waals surface area contributed by atoms with Crippen molar-refractivity contribution >= 4 is 29.2 Å². The van der Waals surface area contributed by atoms with Crippen LogP contribution < -0.4 is 5.73 Å². The van der Waals surface area contributed by atoms with Crippen molar-refractivity contribution in [1.82, 2.24) is 9.97 Å². The molecule has 0 bridgehead atoms. The highest BCUT2D eigenvalue weighted by Gasteiger charge is 2.09. The van der Waals surface area contributed by atoms with Crippen LogP contribution in [-0.4, -0.2) is 27.4 Å². The van der Waals surface area contributed by atoms with Gasteiger partial charge in [0.1, 0.15) is 11.1 Å². The summed E-state index contributed by atoms with van der Waals surface area (Å²) < 4.78 is 0. The molecular formula is C7H7ClN4OS. The van der Waals surface area contributed by atoms with E-state index in [4.69, 9.17) is 27.7 Å². The molecule has 0 spiro atoms. The van der Waals surface area contributed by atoms with E-state index in [1.54, 1.807) is 6.07 Å². The number of rotatable bonds is 3. The van der Waals surface area contributed by atoms with Crippen LogP contribution >= 0.6 is 23.4 Å². The van der Waals surface area contributed by atoms with Gasteiger partial charge in [-0.1, -0.05) is 11.6 Å². The molecule has 1 aromatic heterocycles. The second-order valence-corrected chi connectivity index (χ2v) is 3.68. The van der Waals surface area contributed by atoms with Crippen LogP contribution in [0.3, 0.4) is 0 Å². The van der Waals surface area contributed by atoms with Gasteiger partial charge >= 0.3 is 0 Å². The van der Waals surface area contributed by atoms with Crippen LogP contribution in [-0.2, 0) is 0 Å².